The zero-order valence-corrected chi connectivity index (χ0v) is 13.0. The molecule has 3 aromatic rings. The number of para-hydroxylation sites is 1. The largest absolute Gasteiger partial charge is 0.502 e. The summed E-state index contributed by atoms with van der Waals surface area (Å²) in [7, 11) is 0. The number of benzene rings is 2. The van der Waals surface area contributed by atoms with Crippen LogP contribution in [0.25, 0.3) is 11.4 Å². The number of nitro benzene ring substituents is 1. The van der Waals surface area contributed by atoms with Crippen LogP contribution >= 0.6 is 12.2 Å². The van der Waals surface area contributed by atoms with Crippen molar-refractivity contribution < 1.29 is 10.0 Å². The molecular weight excluding hydrogens is 330 g/mol. The Kier molecular flexibility index (Phi) is 4.17. The Labute approximate surface area is 140 Å². The van der Waals surface area contributed by atoms with Crippen LogP contribution in [-0.2, 0) is 0 Å². The van der Waals surface area contributed by atoms with E-state index in [1.807, 2.05) is 30.3 Å². The summed E-state index contributed by atoms with van der Waals surface area (Å²) in [5, 5.41) is 31.8. The van der Waals surface area contributed by atoms with E-state index in [1.54, 1.807) is 0 Å². The predicted octanol–water partition coefficient (Wildman–Crippen LogP) is 3.10. The van der Waals surface area contributed by atoms with E-state index in [2.05, 4.69) is 15.3 Å². The van der Waals surface area contributed by atoms with Gasteiger partial charge >= 0.3 is 5.69 Å². The van der Waals surface area contributed by atoms with Crippen LogP contribution in [0.2, 0.25) is 0 Å². The smallest absolute Gasteiger partial charge is 0.311 e. The molecule has 0 saturated carbocycles. The Morgan fingerprint density at radius 2 is 2.00 bits per heavy atom. The molecule has 9 heteroatoms. The average molecular weight is 341 g/mol. The molecule has 0 saturated heterocycles. The van der Waals surface area contributed by atoms with Crippen molar-refractivity contribution in [1.82, 2.24) is 14.9 Å². The molecule has 0 unspecified atom stereocenters. The highest BCUT2D eigenvalue weighted by Crippen LogP contribution is 2.28. The Hall–Kier alpha value is -3.33. The maximum atomic E-state index is 10.9. The van der Waals surface area contributed by atoms with E-state index in [9.17, 15) is 15.2 Å². The van der Waals surface area contributed by atoms with Crippen molar-refractivity contribution in [3.05, 3.63) is 69.0 Å². The van der Waals surface area contributed by atoms with Gasteiger partial charge in [-0.25, -0.2) is 5.10 Å². The Morgan fingerprint density at radius 1 is 1.25 bits per heavy atom. The first-order chi connectivity index (χ1) is 11.6. The molecule has 120 valence electrons. The summed E-state index contributed by atoms with van der Waals surface area (Å²) in [4.78, 5) is 10.2. The Morgan fingerprint density at radius 3 is 2.71 bits per heavy atom. The second kappa shape index (κ2) is 6.42. The van der Waals surface area contributed by atoms with Crippen molar-refractivity contribution in [3.8, 4) is 17.1 Å². The van der Waals surface area contributed by atoms with Crippen molar-refractivity contribution in [2.75, 3.05) is 0 Å². The van der Waals surface area contributed by atoms with Gasteiger partial charge in [0, 0.05) is 17.2 Å². The van der Waals surface area contributed by atoms with Crippen molar-refractivity contribution >= 4 is 24.1 Å². The number of hydrogen-bond donors (Lipinski definition) is 2. The van der Waals surface area contributed by atoms with Crippen LogP contribution in [0.15, 0.2) is 53.6 Å². The quantitative estimate of drug-likeness (QED) is 0.328. The van der Waals surface area contributed by atoms with Gasteiger partial charge in [-0.1, -0.05) is 36.4 Å². The van der Waals surface area contributed by atoms with Gasteiger partial charge in [0.05, 0.1) is 11.1 Å². The lowest BCUT2D eigenvalue weighted by Crippen LogP contribution is -1.96. The molecule has 0 aliphatic rings. The van der Waals surface area contributed by atoms with Gasteiger partial charge < -0.3 is 5.11 Å². The van der Waals surface area contributed by atoms with Gasteiger partial charge in [0.2, 0.25) is 10.5 Å². The molecule has 0 aliphatic heterocycles. The second-order valence-corrected chi connectivity index (χ2v) is 5.13. The molecule has 0 atom stereocenters. The van der Waals surface area contributed by atoms with E-state index >= 15 is 0 Å². The molecule has 0 radical (unpaired) electrons. The number of hydrogen-bond acceptors (Lipinski definition) is 6. The number of nitrogens with one attached hydrogen (secondary N) is 1. The molecule has 0 fully saturated rings. The first-order valence-electron chi connectivity index (χ1n) is 6.81. The maximum Gasteiger partial charge on any atom is 0.311 e. The normalized spacial score (nSPS) is 11.0. The monoisotopic (exact) mass is 341 g/mol. The second-order valence-electron chi connectivity index (χ2n) is 4.75. The predicted molar refractivity (Wildman–Crippen MR) is 90.6 cm³/mol. The minimum absolute atomic E-state index is 0.200. The Balaban J connectivity index is 2.03. The number of nitrogens with zero attached hydrogens (tertiary/aromatic N) is 4. The summed E-state index contributed by atoms with van der Waals surface area (Å²) >= 11 is 5.15. The first kappa shape index (κ1) is 15.6. The topological polar surface area (TPSA) is 109 Å². The number of phenols is 1. The van der Waals surface area contributed by atoms with Crippen LogP contribution in [0.1, 0.15) is 5.56 Å². The number of rotatable bonds is 4. The summed E-state index contributed by atoms with van der Waals surface area (Å²) in [6, 6.07) is 13.5. The molecule has 0 amide bonds. The van der Waals surface area contributed by atoms with Gasteiger partial charge in [-0.3, -0.25) is 10.1 Å². The summed E-state index contributed by atoms with van der Waals surface area (Å²) in [6.07, 6.45) is 1.29. The molecule has 1 aromatic heterocycles. The van der Waals surface area contributed by atoms with Crippen LogP contribution in [0.4, 0.5) is 5.69 Å². The van der Waals surface area contributed by atoms with Gasteiger partial charge in [-0.05, 0) is 18.3 Å². The van der Waals surface area contributed by atoms with Crippen molar-refractivity contribution in [2.45, 2.75) is 0 Å². The molecule has 2 aromatic carbocycles. The highest BCUT2D eigenvalue weighted by Gasteiger charge is 2.15. The van der Waals surface area contributed by atoms with Crippen molar-refractivity contribution in [1.29, 1.82) is 0 Å². The van der Waals surface area contributed by atoms with Gasteiger partial charge in [0.1, 0.15) is 0 Å². The number of aromatic amines is 1. The van der Waals surface area contributed by atoms with E-state index in [1.165, 1.54) is 29.1 Å². The number of aromatic nitrogens is 3. The van der Waals surface area contributed by atoms with Gasteiger partial charge in [-0.15, -0.1) is 0 Å². The van der Waals surface area contributed by atoms with Gasteiger partial charge in [0.25, 0.3) is 0 Å². The SMILES string of the molecule is O=[N+]([O-])c1cccc(/C=N\n2c(-c3ccccc3)n[nH]c2=S)c1O. The summed E-state index contributed by atoms with van der Waals surface area (Å²) in [5.74, 6) is 0.0318. The summed E-state index contributed by atoms with van der Waals surface area (Å²) in [5.41, 5.74) is 0.606. The zero-order chi connectivity index (χ0) is 17.1. The average Bonchev–Trinajstić information content (AvgIpc) is 2.95. The third-order valence-electron chi connectivity index (χ3n) is 3.24. The molecule has 1 heterocycles. The van der Waals surface area contributed by atoms with Crippen molar-refractivity contribution in [3.63, 3.8) is 0 Å². The summed E-state index contributed by atoms with van der Waals surface area (Å²) in [6.45, 7) is 0. The fourth-order valence-electron chi connectivity index (χ4n) is 2.09. The van der Waals surface area contributed by atoms with Crippen LogP contribution in [0.5, 0.6) is 5.75 Å². The lowest BCUT2D eigenvalue weighted by molar-refractivity contribution is -0.385. The first-order valence-corrected chi connectivity index (χ1v) is 7.22. The van der Waals surface area contributed by atoms with E-state index in [0.29, 0.717) is 5.82 Å². The molecular formula is C15H11N5O3S. The standard InChI is InChI=1S/C15H11N5O3S/c21-13-11(7-4-8-12(13)20(22)23)9-16-19-14(17-18-15(19)24)10-5-2-1-3-6-10/h1-9,21H,(H,18,24)/b16-9-. The molecule has 2 N–H and O–H groups in total. The molecule has 8 nitrogen and oxygen atoms in total. The zero-order valence-electron chi connectivity index (χ0n) is 12.2. The molecule has 0 aliphatic carbocycles. The fourth-order valence-corrected chi connectivity index (χ4v) is 2.27. The number of phenolic OH excluding ortho intramolecular Hbond substituents is 1. The number of aromatic hydroxyl groups is 1. The van der Waals surface area contributed by atoms with Gasteiger partial charge in [0.15, 0.2) is 5.82 Å². The lowest BCUT2D eigenvalue weighted by Gasteiger charge is -2.02. The van der Waals surface area contributed by atoms with E-state index in [-0.39, 0.29) is 10.3 Å². The minimum Gasteiger partial charge on any atom is -0.502 e. The third-order valence-corrected chi connectivity index (χ3v) is 3.50. The highest BCUT2D eigenvalue weighted by molar-refractivity contribution is 7.71. The highest BCUT2D eigenvalue weighted by atomic mass is 32.1. The van der Waals surface area contributed by atoms with Crippen molar-refractivity contribution in [2.24, 2.45) is 5.10 Å². The van der Waals surface area contributed by atoms with Crippen LogP contribution in [0, 0.1) is 14.9 Å². The molecule has 24 heavy (non-hydrogen) atoms. The molecule has 3 rings (SSSR count). The fraction of sp³-hybridized carbons (Fsp3) is 0. The number of H-pyrrole nitrogens is 1. The number of nitro groups is 1. The van der Waals surface area contributed by atoms with Gasteiger partial charge in [-0.2, -0.15) is 14.9 Å². The lowest BCUT2D eigenvalue weighted by atomic mass is 10.2. The summed E-state index contributed by atoms with van der Waals surface area (Å²) < 4.78 is 1.64. The van der Waals surface area contributed by atoms with E-state index in [4.69, 9.17) is 12.2 Å². The Bertz CT molecular complexity index is 978. The van der Waals surface area contributed by atoms with Crippen LogP contribution in [-0.4, -0.2) is 31.1 Å². The maximum absolute atomic E-state index is 10.9. The third kappa shape index (κ3) is 2.92. The molecule has 0 bridgehead atoms. The minimum atomic E-state index is -0.661. The van der Waals surface area contributed by atoms with Crippen LogP contribution < -0.4 is 0 Å². The van der Waals surface area contributed by atoms with E-state index in [0.717, 1.165) is 5.56 Å². The van der Waals surface area contributed by atoms with Crippen LogP contribution in [0.3, 0.4) is 0 Å². The van der Waals surface area contributed by atoms with E-state index < -0.39 is 16.4 Å². The molecule has 0 spiro atoms.